The second kappa shape index (κ2) is 3.82. The third-order valence-corrected chi connectivity index (χ3v) is 2.28. The third kappa shape index (κ3) is 1.89. The molecule has 0 aliphatic carbocycles. The molecule has 0 amide bonds. The van der Waals surface area contributed by atoms with Gasteiger partial charge in [0.2, 0.25) is 0 Å². The zero-order valence-corrected chi connectivity index (χ0v) is 8.57. The normalized spacial score (nSPS) is 10.8. The van der Waals surface area contributed by atoms with Gasteiger partial charge in [-0.3, -0.25) is 0 Å². The molecule has 2 rings (SSSR count). The van der Waals surface area contributed by atoms with Gasteiger partial charge in [0.1, 0.15) is 11.6 Å². The predicted octanol–water partition coefficient (Wildman–Crippen LogP) is 1.15. The molecule has 1 aromatic carbocycles. The smallest absolute Gasteiger partial charge is 0.130 e. The molecule has 3 N–H and O–H groups in total. The molecule has 0 aliphatic rings. The maximum atomic E-state index is 9.35. The SMILES string of the molecule is Cc1nc(CCN)nc2ccc(O)cc12. The average Bonchev–Trinajstić information content (AvgIpc) is 2.20. The minimum absolute atomic E-state index is 0.237. The lowest BCUT2D eigenvalue weighted by Gasteiger charge is -2.04. The van der Waals surface area contributed by atoms with E-state index in [-0.39, 0.29) is 5.75 Å². The number of aromatic nitrogens is 2. The zero-order chi connectivity index (χ0) is 10.8. The number of aromatic hydroxyl groups is 1. The van der Waals surface area contributed by atoms with E-state index in [1.807, 2.05) is 6.92 Å². The summed E-state index contributed by atoms with van der Waals surface area (Å²) in [6.07, 6.45) is 0.678. The van der Waals surface area contributed by atoms with Crippen LogP contribution in [0.1, 0.15) is 11.5 Å². The summed E-state index contributed by atoms with van der Waals surface area (Å²) in [5, 5.41) is 10.2. The molecule has 0 radical (unpaired) electrons. The summed E-state index contributed by atoms with van der Waals surface area (Å²) >= 11 is 0. The molecular weight excluding hydrogens is 190 g/mol. The van der Waals surface area contributed by atoms with E-state index in [0.717, 1.165) is 22.4 Å². The van der Waals surface area contributed by atoms with Crippen LogP contribution in [0.25, 0.3) is 10.9 Å². The van der Waals surface area contributed by atoms with Crippen LogP contribution in [0.4, 0.5) is 0 Å². The van der Waals surface area contributed by atoms with Crippen molar-refractivity contribution >= 4 is 10.9 Å². The molecule has 1 heterocycles. The number of aryl methyl sites for hydroxylation is 1. The number of phenolic OH excluding ortho intramolecular Hbond substituents is 1. The Morgan fingerprint density at radius 3 is 2.87 bits per heavy atom. The summed E-state index contributed by atoms with van der Waals surface area (Å²) < 4.78 is 0. The van der Waals surface area contributed by atoms with E-state index >= 15 is 0 Å². The lowest BCUT2D eigenvalue weighted by molar-refractivity contribution is 0.476. The van der Waals surface area contributed by atoms with E-state index in [0.29, 0.717) is 13.0 Å². The fourth-order valence-electron chi connectivity index (χ4n) is 1.57. The Hall–Kier alpha value is -1.68. The van der Waals surface area contributed by atoms with Gasteiger partial charge < -0.3 is 10.8 Å². The van der Waals surface area contributed by atoms with Crippen LogP contribution in [0.3, 0.4) is 0 Å². The third-order valence-electron chi connectivity index (χ3n) is 2.28. The van der Waals surface area contributed by atoms with Crippen molar-refractivity contribution < 1.29 is 5.11 Å². The first-order valence-electron chi connectivity index (χ1n) is 4.87. The number of benzene rings is 1. The van der Waals surface area contributed by atoms with Crippen molar-refractivity contribution in [3.63, 3.8) is 0 Å². The minimum Gasteiger partial charge on any atom is -0.508 e. The molecule has 4 nitrogen and oxygen atoms in total. The highest BCUT2D eigenvalue weighted by Gasteiger charge is 2.04. The standard InChI is InChI=1S/C11H13N3O/c1-7-9-6-8(15)2-3-10(9)14-11(13-7)4-5-12/h2-3,6,15H,4-5,12H2,1H3. The van der Waals surface area contributed by atoms with Crippen LogP contribution in [-0.4, -0.2) is 21.6 Å². The summed E-state index contributed by atoms with van der Waals surface area (Å²) in [6, 6.07) is 5.09. The van der Waals surface area contributed by atoms with Crippen molar-refractivity contribution in [2.45, 2.75) is 13.3 Å². The zero-order valence-electron chi connectivity index (χ0n) is 8.57. The Morgan fingerprint density at radius 2 is 2.13 bits per heavy atom. The molecule has 0 bridgehead atoms. The van der Waals surface area contributed by atoms with E-state index in [1.54, 1.807) is 18.2 Å². The molecule has 2 aromatic rings. The highest BCUT2D eigenvalue weighted by Crippen LogP contribution is 2.20. The van der Waals surface area contributed by atoms with Crippen LogP contribution in [0.15, 0.2) is 18.2 Å². The number of hydrogen-bond donors (Lipinski definition) is 2. The molecule has 0 atom stereocenters. The van der Waals surface area contributed by atoms with Crippen LogP contribution >= 0.6 is 0 Å². The second-order valence-electron chi connectivity index (χ2n) is 3.47. The Balaban J connectivity index is 2.62. The molecule has 0 spiro atoms. The van der Waals surface area contributed by atoms with Crippen LogP contribution in [0, 0.1) is 6.92 Å². The first-order chi connectivity index (χ1) is 7.20. The van der Waals surface area contributed by atoms with E-state index in [1.165, 1.54) is 0 Å². The monoisotopic (exact) mass is 203 g/mol. The van der Waals surface area contributed by atoms with E-state index in [9.17, 15) is 5.11 Å². The fraction of sp³-hybridized carbons (Fsp3) is 0.273. The quantitative estimate of drug-likeness (QED) is 0.767. The molecule has 0 aliphatic heterocycles. The highest BCUT2D eigenvalue weighted by molar-refractivity contribution is 5.82. The summed E-state index contributed by atoms with van der Waals surface area (Å²) in [4.78, 5) is 8.69. The molecule has 0 unspecified atom stereocenters. The van der Waals surface area contributed by atoms with Gasteiger partial charge in [-0.05, 0) is 31.7 Å². The highest BCUT2D eigenvalue weighted by atomic mass is 16.3. The van der Waals surface area contributed by atoms with Gasteiger partial charge in [0.15, 0.2) is 0 Å². The fourth-order valence-corrected chi connectivity index (χ4v) is 1.57. The molecule has 1 aromatic heterocycles. The van der Waals surface area contributed by atoms with Crippen molar-refractivity contribution in [1.29, 1.82) is 0 Å². The van der Waals surface area contributed by atoms with Gasteiger partial charge in [-0.1, -0.05) is 0 Å². The maximum absolute atomic E-state index is 9.35. The van der Waals surface area contributed by atoms with Crippen LogP contribution in [-0.2, 0) is 6.42 Å². The van der Waals surface area contributed by atoms with Crippen LogP contribution in [0.5, 0.6) is 5.75 Å². The number of phenols is 1. The summed E-state index contributed by atoms with van der Waals surface area (Å²) in [5.41, 5.74) is 7.18. The van der Waals surface area contributed by atoms with Gasteiger partial charge in [-0.25, -0.2) is 9.97 Å². The van der Waals surface area contributed by atoms with Gasteiger partial charge in [0.05, 0.1) is 5.52 Å². The molecular formula is C11H13N3O. The Kier molecular flexibility index (Phi) is 2.51. The van der Waals surface area contributed by atoms with Crippen molar-refractivity contribution in [1.82, 2.24) is 9.97 Å². The molecule has 0 saturated carbocycles. The first-order valence-corrected chi connectivity index (χ1v) is 4.87. The summed E-state index contributed by atoms with van der Waals surface area (Å²) in [5.74, 6) is 0.994. The van der Waals surface area contributed by atoms with Crippen molar-refractivity contribution in [2.24, 2.45) is 5.73 Å². The van der Waals surface area contributed by atoms with Crippen LogP contribution < -0.4 is 5.73 Å². The molecule has 4 heteroatoms. The van der Waals surface area contributed by atoms with E-state index < -0.39 is 0 Å². The van der Waals surface area contributed by atoms with Gasteiger partial charge >= 0.3 is 0 Å². The largest absolute Gasteiger partial charge is 0.508 e. The lowest BCUT2D eigenvalue weighted by Crippen LogP contribution is -2.07. The van der Waals surface area contributed by atoms with E-state index in [2.05, 4.69) is 9.97 Å². The Bertz CT molecular complexity index is 496. The Morgan fingerprint density at radius 1 is 1.33 bits per heavy atom. The topological polar surface area (TPSA) is 72.0 Å². The maximum Gasteiger partial charge on any atom is 0.130 e. The van der Waals surface area contributed by atoms with Gasteiger partial charge in [-0.15, -0.1) is 0 Å². The average molecular weight is 203 g/mol. The number of nitrogens with zero attached hydrogens (tertiary/aromatic N) is 2. The van der Waals surface area contributed by atoms with Crippen molar-refractivity contribution in [3.8, 4) is 5.75 Å². The lowest BCUT2D eigenvalue weighted by atomic mass is 10.2. The van der Waals surface area contributed by atoms with E-state index in [4.69, 9.17) is 5.73 Å². The predicted molar refractivity (Wildman–Crippen MR) is 58.7 cm³/mol. The molecule has 0 fully saturated rings. The summed E-state index contributed by atoms with van der Waals surface area (Å²) in [7, 11) is 0. The minimum atomic E-state index is 0.237. The Labute approximate surface area is 87.8 Å². The molecule has 15 heavy (non-hydrogen) atoms. The number of nitrogens with two attached hydrogens (primary N) is 1. The number of rotatable bonds is 2. The van der Waals surface area contributed by atoms with Crippen molar-refractivity contribution in [3.05, 3.63) is 29.7 Å². The second-order valence-corrected chi connectivity index (χ2v) is 3.47. The summed E-state index contributed by atoms with van der Waals surface area (Å²) in [6.45, 7) is 2.45. The van der Waals surface area contributed by atoms with Gasteiger partial charge in [-0.2, -0.15) is 0 Å². The van der Waals surface area contributed by atoms with Gasteiger partial charge in [0, 0.05) is 17.5 Å². The number of fused-ring (bicyclic) bond motifs is 1. The van der Waals surface area contributed by atoms with Crippen LogP contribution in [0.2, 0.25) is 0 Å². The molecule has 78 valence electrons. The molecule has 0 saturated heterocycles. The van der Waals surface area contributed by atoms with Gasteiger partial charge in [0.25, 0.3) is 0 Å². The first kappa shape index (κ1) is 9.86. The number of hydrogen-bond acceptors (Lipinski definition) is 4. The van der Waals surface area contributed by atoms with Crippen molar-refractivity contribution in [2.75, 3.05) is 6.54 Å².